The average Bonchev–Trinajstić information content (AvgIpc) is 2.93. The van der Waals surface area contributed by atoms with Crippen LogP contribution < -0.4 is 0 Å². The second kappa shape index (κ2) is 5.10. The summed E-state index contributed by atoms with van der Waals surface area (Å²) in [6.45, 7) is -0.406. The van der Waals surface area contributed by atoms with Gasteiger partial charge in [-0.1, -0.05) is 23.2 Å². The van der Waals surface area contributed by atoms with Crippen molar-refractivity contribution in [3.63, 3.8) is 0 Å². The van der Waals surface area contributed by atoms with Gasteiger partial charge in [0, 0.05) is 0 Å². The fourth-order valence-corrected chi connectivity index (χ4v) is 2.72. The van der Waals surface area contributed by atoms with Gasteiger partial charge in [0.1, 0.15) is 29.0 Å². The van der Waals surface area contributed by atoms with Gasteiger partial charge in [0.25, 0.3) is 0 Å². The van der Waals surface area contributed by atoms with Gasteiger partial charge in [-0.25, -0.2) is 9.97 Å². The highest BCUT2D eigenvalue weighted by Crippen LogP contribution is 2.33. The standard InChI is InChI=1S/C11H11Cl2N3O4/c12-4-1-6(13)15-10-7(4)14-3-16(10)11-9(19)8(18)5(2-17)20-11/h1,3,5,8-9,11,17-19H,2H2/t5-,8-,9?,11-/m1/s1. The van der Waals surface area contributed by atoms with E-state index in [4.69, 9.17) is 33.0 Å². The molecule has 20 heavy (non-hydrogen) atoms. The minimum atomic E-state index is -1.22. The molecule has 3 N–H and O–H groups in total. The number of pyridine rings is 1. The largest absolute Gasteiger partial charge is 0.394 e. The van der Waals surface area contributed by atoms with E-state index in [1.807, 2.05) is 0 Å². The highest BCUT2D eigenvalue weighted by atomic mass is 35.5. The van der Waals surface area contributed by atoms with Gasteiger partial charge < -0.3 is 20.1 Å². The zero-order chi connectivity index (χ0) is 14.4. The van der Waals surface area contributed by atoms with Crippen molar-refractivity contribution in [2.24, 2.45) is 0 Å². The van der Waals surface area contributed by atoms with E-state index < -0.39 is 31.1 Å². The van der Waals surface area contributed by atoms with E-state index in [0.29, 0.717) is 16.2 Å². The number of aliphatic hydroxyl groups is 3. The third kappa shape index (κ3) is 2.07. The van der Waals surface area contributed by atoms with Crippen LogP contribution in [-0.2, 0) is 4.74 Å². The van der Waals surface area contributed by atoms with Crippen molar-refractivity contribution >= 4 is 34.4 Å². The Hall–Kier alpha value is -0.960. The van der Waals surface area contributed by atoms with E-state index in [1.54, 1.807) is 0 Å². The van der Waals surface area contributed by atoms with Gasteiger partial charge in [-0.3, -0.25) is 4.57 Å². The van der Waals surface area contributed by atoms with Gasteiger partial charge >= 0.3 is 0 Å². The van der Waals surface area contributed by atoms with E-state index in [9.17, 15) is 10.2 Å². The summed E-state index contributed by atoms with van der Waals surface area (Å²) in [7, 11) is 0. The lowest BCUT2D eigenvalue weighted by molar-refractivity contribution is -0.0511. The minimum absolute atomic E-state index is 0.177. The number of halogens is 2. The molecule has 4 atom stereocenters. The van der Waals surface area contributed by atoms with Crippen LogP contribution in [0.15, 0.2) is 12.4 Å². The van der Waals surface area contributed by atoms with Crippen LogP contribution in [0.1, 0.15) is 6.23 Å². The maximum Gasteiger partial charge on any atom is 0.165 e. The molecule has 1 saturated heterocycles. The summed E-state index contributed by atoms with van der Waals surface area (Å²) < 4.78 is 6.84. The molecule has 1 aliphatic rings. The molecule has 3 rings (SSSR count). The van der Waals surface area contributed by atoms with E-state index in [0.717, 1.165) is 0 Å². The molecule has 0 spiro atoms. The number of nitrogens with zero attached hydrogens (tertiary/aromatic N) is 3. The summed E-state index contributed by atoms with van der Waals surface area (Å²) in [5, 5.41) is 29.4. The van der Waals surface area contributed by atoms with Crippen LogP contribution in [0.25, 0.3) is 11.2 Å². The monoisotopic (exact) mass is 319 g/mol. The number of aliphatic hydroxyl groups excluding tert-OH is 3. The van der Waals surface area contributed by atoms with E-state index in [1.165, 1.54) is 17.0 Å². The van der Waals surface area contributed by atoms with Crippen molar-refractivity contribution in [3.8, 4) is 0 Å². The van der Waals surface area contributed by atoms with Crippen LogP contribution in [0.3, 0.4) is 0 Å². The maximum atomic E-state index is 10.0. The van der Waals surface area contributed by atoms with Gasteiger partial charge in [0.15, 0.2) is 11.9 Å². The van der Waals surface area contributed by atoms with Gasteiger partial charge in [-0.15, -0.1) is 0 Å². The molecule has 9 heteroatoms. The van der Waals surface area contributed by atoms with Crippen LogP contribution in [0.5, 0.6) is 0 Å². The summed E-state index contributed by atoms with van der Waals surface area (Å²) in [6, 6.07) is 1.46. The second-order valence-corrected chi connectivity index (χ2v) is 5.27. The van der Waals surface area contributed by atoms with E-state index >= 15 is 0 Å². The van der Waals surface area contributed by atoms with Crippen LogP contribution in [0.2, 0.25) is 10.2 Å². The Morgan fingerprint density at radius 2 is 2.05 bits per heavy atom. The van der Waals surface area contributed by atoms with Crippen LogP contribution in [-0.4, -0.2) is 54.8 Å². The van der Waals surface area contributed by atoms with Gasteiger partial charge in [0.2, 0.25) is 0 Å². The molecule has 7 nitrogen and oxygen atoms in total. The molecule has 0 radical (unpaired) electrons. The molecule has 0 saturated carbocycles. The zero-order valence-electron chi connectivity index (χ0n) is 10.0. The first kappa shape index (κ1) is 14.0. The Morgan fingerprint density at radius 3 is 2.70 bits per heavy atom. The third-order valence-electron chi connectivity index (χ3n) is 3.24. The zero-order valence-corrected chi connectivity index (χ0v) is 11.5. The normalized spacial score (nSPS) is 30.2. The lowest BCUT2D eigenvalue weighted by Gasteiger charge is -2.16. The first-order valence-electron chi connectivity index (χ1n) is 5.84. The molecule has 2 aromatic heterocycles. The molecule has 1 fully saturated rings. The van der Waals surface area contributed by atoms with Gasteiger partial charge in [-0.05, 0) is 6.07 Å². The minimum Gasteiger partial charge on any atom is -0.394 e. The van der Waals surface area contributed by atoms with Crippen LogP contribution in [0, 0.1) is 0 Å². The Balaban J connectivity index is 2.07. The quantitative estimate of drug-likeness (QED) is 0.690. The molecule has 0 amide bonds. The summed E-state index contributed by atoms with van der Waals surface area (Å²) in [5.74, 6) is 0. The lowest BCUT2D eigenvalue weighted by atomic mass is 10.1. The van der Waals surface area contributed by atoms with Crippen LogP contribution >= 0.6 is 23.2 Å². The Labute approximate surface area is 123 Å². The van der Waals surface area contributed by atoms with E-state index in [-0.39, 0.29) is 5.15 Å². The molecule has 0 aromatic carbocycles. The lowest BCUT2D eigenvalue weighted by Crippen LogP contribution is -2.33. The molecule has 0 aliphatic carbocycles. The average molecular weight is 320 g/mol. The fourth-order valence-electron chi connectivity index (χ4n) is 2.24. The summed E-state index contributed by atoms with van der Waals surface area (Å²) in [5.41, 5.74) is 0.742. The van der Waals surface area contributed by atoms with Crippen molar-refractivity contribution in [2.45, 2.75) is 24.5 Å². The first-order chi connectivity index (χ1) is 9.52. The third-order valence-corrected chi connectivity index (χ3v) is 3.73. The van der Waals surface area contributed by atoms with Crippen molar-refractivity contribution < 1.29 is 20.1 Å². The highest BCUT2D eigenvalue weighted by Gasteiger charge is 2.43. The van der Waals surface area contributed by atoms with Crippen molar-refractivity contribution in [3.05, 3.63) is 22.6 Å². The van der Waals surface area contributed by atoms with Crippen LogP contribution in [0.4, 0.5) is 0 Å². The van der Waals surface area contributed by atoms with Gasteiger partial charge in [-0.2, -0.15) is 0 Å². The number of ether oxygens (including phenoxy) is 1. The number of aromatic nitrogens is 3. The predicted octanol–water partition coefficient (Wildman–Crippen LogP) is 0.350. The summed E-state index contributed by atoms with van der Waals surface area (Å²) in [6.07, 6.45) is -2.82. The SMILES string of the molecule is OC[C@H]1O[C@@H](n2cnc3c(Cl)cc(Cl)nc32)C(O)[C@@H]1O. The van der Waals surface area contributed by atoms with E-state index in [2.05, 4.69) is 9.97 Å². The molecule has 3 heterocycles. The van der Waals surface area contributed by atoms with Crippen molar-refractivity contribution in [2.75, 3.05) is 6.61 Å². The Morgan fingerprint density at radius 1 is 1.30 bits per heavy atom. The fraction of sp³-hybridized carbons (Fsp3) is 0.455. The molecular formula is C11H11Cl2N3O4. The maximum absolute atomic E-state index is 10.0. The smallest absolute Gasteiger partial charge is 0.165 e. The number of imidazole rings is 1. The molecule has 2 aromatic rings. The number of rotatable bonds is 2. The predicted molar refractivity (Wildman–Crippen MR) is 70.6 cm³/mol. The number of hydrogen-bond donors (Lipinski definition) is 3. The Bertz CT molecular complexity index is 650. The van der Waals surface area contributed by atoms with Crippen molar-refractivity contribution in [1.29, 1.82) is 0 Å². The topological polar surface area (TPSA) is 101 Å². The second-order valence-electron chi connectivity index (χ2n) is 4.48. The number of hydrogen-bond acceptors (Lipinski definition) is 6. The Kier molecular flexibility index (Phi) is 3.57. The van der Waals surface area contributed by atoms with Crippen molar-refractivity contribution in [1.82, 2.24) is 14.5 Å². The molecule has 1 unspecified atom stereocenters. The van der Waals surface area contributed by atoms with Gasteiger partial charge in [0.05, 0.1) is 18.0 Å². The summed E-state index contributed by atoms with van der Waals surface area (Å²) >= 11 is 11.9. The number of fused-ring (bicyclic) bond motifs is 1. The first-order valence-corrected chi connectivity index (χ1v) is 6.59. The molecule has 0 bridgehead atoms. The molecule has 108 valence electrons. The highest BCUT2D eigenvalue weighted by molar-refractivity contribution is 6.37. The molecular weight excluding hydrogens is 309 g/mol. The molecule has 1 aliphatic heterocycles. The summed E-state index contributed by atoms with van der Waals surface area (Å²) in [4.78, 5) is 8.19.